The highest BCUT2D eigenvalue weighted by molar-refractivity contribution is 8.22. The first kappa shape index (κ1) is 24.0. The average molecular weight is 444 g/mol. The minimum Gasteiger partial charge on any atom is -0.395 e. The lowest BCUT2D eigenvalue weighted by molar-refractivity contribution is -0.0424. The smallest absolute Gasteiger partial charge is 0.233 e. The Balaban J connectivity index is 2.15. The van der Waals surface area contributed by atoms with Gasteiger partial charge in [-0.05, 0) is 19.1 Å². The normalized spacial score (nSPS) is 12.1. The lowest BCUT2D eigenvalue weighted by atomic mass is 10.2. The number of hydrogen-bond acceptors (Lipinski definition) is 12. The minimum atomic E-state index is -2.79. The number of aliphatic hydroxyl groups is 3. The monoisotopic (exact) mass is 443 g/mol. The predicted octanol–water partition coefficient (Wildman–Crippen LogP) is 0.714. The van der Waals surface area contributed by atoms with Crippen LogP contribution < -0.4 is 20.3 Å². The molecule has 0 radical (unpaired) electrons. The third-order valence-corrected chi connectivity index (χ3v) is 5.48. The van der Waals surface area contributed by atoms with E-state index in [1.807, 2.05) is 0 Å². The molecule has 0 amide bonds. The number of aliphatic hydroxyl groups excluding tert-OH is 2. The number of anilines is 4. The van der Waals surface area contributed by atoms with Gasteiger partial charge in [-0.3, -0.25) is 9.11 Å². The lowest BCUT2D eigenvalue weighted by Gasteiger charge is -2.32. The number of nitrogens with zero attached hydrogens (tertiary/aromatic N) is 4. The Kier molecular flexibility index (Phi) is 8.98. The molecule has 0 bridgehead atoms. The SMILES string of the molecule is CCS(O)(O)NCCN(C)c1nc(NCCO)nc(Nc2ccc(C(O)O)cc2)n1. The van der Waals surface area contributed by atoms with Gasteiger partial charge in [-0.2, -0.15) is 15.0 Å². The lowest BCUT2D eigenvalue weighted by Crippen LogP contribution is -2.32. The van der Waals surface area contributed by atoms with Crippen LogP contribution in [0.25, 0.3) is 0 Å². The van der Waals surface area contributed by atoms with E-state index in [9.17, 15) is 19.3 Å². The van der Waals surface area contributed by atoms with E-state index in [0.29, 0.717) is 30.3 Å². The topological polar surface area (TPSA) is 179 Å². The van der Waals surface area contributed by atoms with E-state index < -0.39 is 17.1 Å². The number of hydrogen-bond donors (Lipinski definition) is 8. The van der Waals surface area contributed by atoms with Gasteiger partial charge >= 0.3 is 0 Å². The second kappa shape index (κ2) is 11.2. The van der Waals surface area contributed by atoms with E-state index in [0.717, 1.165) is 0 Å². The molecule has 0 unspecified atom stereocenters. The molecule has 2 rings (SSSR count). The van der Waals surface area contributed by atoms with Gasteiger partial charge in [-0.25, -0.2) is 4.72 Å². The minimum absolute atomic E-state index is 0.0939. The molecule has 8 N–H and O–H groups in total. The van der Waals surface area contributed by atoms with Crippen LogP contribution in [-0.2, 0) is 0 Å². The van der Waals surface area contributed by atoms with E-state index in [-0.39, 0.29) is 30.8 Å². The van der Waals surface area contributed by atoms with E-state index in [4.69, 9.17) is 5.11 Å². The third-order valence-electron chi connectivity index (χ3n) is 4.01. The fraction of sp³-hybridized carbons (Fsp3) is 0.471. The van der Waals surface area contributed by atoms with Gasteiger partial charge in [0.2, 0.25) is 17.8 Å². The molecule has 2 aromatic rings. The number of likely N-dealkylation sites (N-methyl/N-ethyl adjacent to an activating group) is 1. The van der Waals surface area contributed by atoms with Gasteiger partial charge < -0.3 is 30.9 Å². The Labute approximate surface area is 176 Å². The van der Waals surface area contributed by atoms with E-state index in [1.165, 1.54) is 0 Å². The molecule has 168 valence electrons. The average Bonchev–Trinajstić information content (AvgIpc) is 2.72. The Hall–Kier alpha value is -2.26. The quantitative estimate of drug-likeness (QED) is 0.216. The maximum Gasteiger partial charge on any atom is 0.233 e. The van der Waals surface area contributed by atoms with Gasteiger partial charge in [0.15, 0.2) is 6.29 Å². The third kappa shape index (κ3) is 7.53. The van der Waals surface area contributed by atoms with Crippen molar-refractivity contribution in [3.05, 3.63) is 29.8 Å². The molecular formula is C17H29N7O5S. The summed E-state index contributed by atoms with van der Waals surface area (Å²) in [5, 5.41) is 33.3. The summed E-state index contributed by atoms with van der Waals surface area (Å²) in [4.78, 5) is 14.7. The van der Waals surface area contributed by atoms with Crippen LogP contribution in [0.3, 0.4) is 0 Å². The molecule has 1 aromatic heterocycles. The molecule has 12 nitrogen and oxygen atoms in total. The van der Waals surface area contributed by atoms with Crippen LogP contribution in [-0.4, -0.2) is 78.4 Å². The highest BCUT2D eigenvalue weighted by Crippen LogP contribution is 2.31. The summed E-state index contributed by atoms with van der Waals surface area (Å²) in [6.45, 7) is 2.56. The molecule has 1 aromatic carbocycles. The van der Waals surface area contributed by atoms with Crippen LogP contribution in [0, 0.1) is 0 Å². The van der Waals surface area contributed by atoms with Gasteiger partial charge in [0.25, 0.3) is 0 Å². The van der Waals surface area contributed by atoms with Crippen LogP contribution in [0.4, 0.5) is 23.5 Å². The molecule has 0 atom stereocenters. The standard InChI is InChI=1S/C17H29N7O5S/c1-3-30(28,29)19-8-10-24(2)17-22-15(18-9-11-25)21-16(23-17)20-13-6-4-12(5-7-13)14(26)27/h4-7,14,19,25-29H,3,8-11H2,1-2H3,(H2,18,20,21,22,23). The molecule has 0 aliphatic rings. The second-order valence-electron chi connectivity index (χ2n) is 6.33. The van der Waals surface area contributed by atoms with Crippen molar-refractivity contribution in [2.24, 2.45) is 0 Å². The zero-order valence-electron chi connectivity index (χ0n) is 16.9. The van der Waals surface area contributed by atoms with Crippen molar-refractivity contribution in [2.75, 3.05) is 54.6 Å². The highest BCUT2D eigenvalue weighted by atomic mass is 32.3. The number of aromatic nitrogens is 3. The molecule has 0 fully saturated rings. The van der Waals surface area contributed by atoms with E-state index in [2.05, 4.69) is 30.3 Å². The van der Waals surface area contributed by atoms with Crippen molar-refractivity contribution >= 4 is 34.3 Å². The fourth-order valence-electron chi connectivity index (χ4n) is 2.28. The maximum absolute atomic E-state index is 9.70. The maximum atomic E-state index is 9.70. The Morgan fingerprint density at radius 1 is 1.03 bits per heavy atom. The van der Waals surface area contributed by atoms with Crippen LogP contribution in [0.1, 0.15) is 18.8 Å². The predicted molar refractivity (Wildman–Crippen MR) is 117 cm³/mol. The summed E-state index contributed by atoms with van der Waals surface area (Å²) >= 11 is 0. The van der Waals surface area contributed by atoms with E-state index in [1.54, 1.807) is 43.1 Å². The van der Waals surface area contributed by atoms with Crippen molar-refractivity contribution in [1.29, 1.82) is 0 Å². The largest absolute Gasteiger partial charge is 0.395 e. The molecule has 13 heteroatoms. The van der Waals surface area contributed by atoms with Crippen molar-refractivity contribution in [1.82, 2.24) is 19.7 Å². The highest BCUT2D eigenvalue weighted by Gasteiger charge is 2.13. The molecular weight excluding hydrogens is 414 g/mol. The first-order valence-electron chi connectivity index (χ1n) is 9.29. The van der Waals surface area contributed by atoms with Crippen molar-refractivity contribution in [3.8, 4) is 0 Å². The van der Waals surface area contributed by atoms with Crippen molar-refractivity contribution in [2.45, 2.75) is 13.2 Å². The molecule has 30 heavy (non-hydrogen) atoms. The molecule has 1 heterocycles. The first-order valence-corrected chi connectivity index (χ1v) is 11.0. The molecule has 0 saturated heterocycles. The number of nitrogens with one attached hydrogen (secondary N) is 3. The number of rotatable bonds is 12. The van der Waals surface area contributed by atoms with Crippen LogP contribution in [0.15, 0.2) is 24.3 Å². The van der Waals surface area contributed by atoms with Crippen LogP contribution in [0.5, 0.6) is 0 Å². The van der Waals surface area contributed by atoms with Gasteiger partial charge in [0.1, 0.15) is 0 Å². The van der Waals surface area contributed by atoms with Crippen LogP contribution >= 0.6 is 10.8 Å². The summed E-state index contributed by atoms with van der Waals surface area (Å²) < 4.78 is 22.1. The van der Waals surface area contributed by atoms with Gasteiger partial charge in [-0.15, -0.1) is 10.8 Å². The van der Waals surface area contributed by atoms with Gasteiger partial charge in [0.05, 0.1) is 6.61 Å². The summed E-state index contributed by atoms with van der Waals surface area (Å²) in [6, 6.07) is 6.43. The number of benzene rings is 1. The molecule has 0 aliphatic carbocycles. The fourth-order valence-corrected chi connectivity index (χ4v) is 2.91. The Bertz CT molecular complexity index is 795. The molecule has 0 aliphatic heterocycles. The zero-order valence-corrected chi connectivity index (χ0v) is 17.7. The Morgan fingerprint density at radius 3 is 2.30 bits per heavy atom. The summed E-state index contributed by atoms with van der Waals surface area (Å²) in [5.41, 5.74) is 0.985. The zero-order chi connectivity index (χ0) is 22.1. The van der Waals surface area contributed by atoms with Crippen molar-refractivity contribution in [3.63, 3.8) is 0 Å². The van der Waals surface area contributed by atoms with E-state index >= 15 is 0 Å². The summed E-state index contributed by atoms with van der Waals surface area (Å²) in [6.07, 6.45) is -1.55. The molecule has 0 spiro atoms. The van der Waals surface area contributed by atoms with Gasteiger partial charge in [0, 0.05) is 43.7 Å². The van der Waals surface area contributed by atoms with Gasteiger partial charge in [-0.1, -0.05) is 12.1 Å². The van der Waals surface area contributed by atoms with Crippen LogP contribution in [0.2, 0.25) is 0 Å². The summed E-state index contributed by atoms with van der Waals surface area (Å²) in [5.74, 6) is 1.06. The first-order chi connectivity index (χ1) is 14.2. The molecule has 0 saturated carbocycles. The second-order valence-corrected chi connectivity index (χ2v) is 8.52. The summed E-state index contributed by atoms with van der Waals surface area (Å²) in [7, 11) is -1.04. The van der Waals surface area contributed by atoms with Crippen molar-refractivity contribution < 1.29 is 24.4 Å². The Morgan fingerprint density at radius 2 is 1.70 bits per heavy atom.